The van der Waals surface area contributed by atoms with E-state index in [0.717, 1.165) is 50.6 Å². The summed E-state index contributed by atoms with van der Waals surface area (Å²) in [7, 11) is 0. The first-order valence-electron chi connectivity index (χ1n) is 7.63. The Kier molecular flexibility index (Phi) is 5.78. The fourth-order valence-corrected chi connectivity index (χ4v) is 2.79. The molecular weight excluding hydrogens is 250 g/mol. The number of nitrogens with one attached hydrogen (secondary N) is 1. The number of rotatable bonds is 7. The first-order valence-corrected chi connectivity index (χ1v) is 7.63. The molecule has 0 heterocycles. The molecule has 0 aliphatic heterocycles. The van der Waals surface area contributed by atoms with Crippen molar-refractivity contribution >= 4 is 17.4 Å². The van der Waals surface area contributed by atoms with Crippen LogP contribution in [0.15, 0.2) is 30.3 Å². The van der Waals surface area contributed by atoms with E-state index in [4.69, 9.17) is 0 Å². The van der Waals surface area contributed by atoms with Crippen molar-refractivity contribution in [2.24, 2.45) is 5.92 Å². The van der Waals surface area contributed by atoms with Gasteiger partial charge in [0.15, 0.2) is 0 Å². The van der Waals surface area contributed by atoms with Crippen molar-refractivity contribution in [3.05, 3.63) is 30.3 Å². The zero-order chi connectivity index (χ0) is 14.2. The highest BCUT2D eigenvalue weighted by Gasteiger charge is 2.23. The van der Waals surface area contributed by atoms with E-state index >= 15 is 0 Å². The number of ketones is 1. The fourth-order valence-electron chi connectivity index (χ4n) is 2.79. The summed E-state index contributed by atoms with van der Waals surface area (Å²) in [4.78, 5) is 23.2. The third kappa shape index (κ3) is 4.80. The molecular formula is C17H23NO2. The Bertz CT molecular complexity index is 442. The van der Waals surface area contributed by atoms with Crippen molar-refractivity contribution < 1.29 is 9.59 Å². The maximum absolute atomic E-state index is 11.7. The Morgan fingerprint density at radius 1 is 1.15 bits per heavy atom. The average Bonchev–Trinajstić information content (AvgIpc) is 2.85. The van der Waals surface area contributed by atoms with Gasteiger partial charge in [-0.1, -0.05) is 31.0 Å². The van der Waals surface area contributed by atoms with Gasteiger partial charge in [0, 0.05) is 24.4 Å². The molecule has 3 heteroatoms. The van der Waals surface area contributed by atoms with Gasteiger partial charge in [0.25, 0.3) is 0 Å². The van der Waals surface area contributed by atoms with E-state index in [9.17, 15) is 9.59 Å². The van der Waals surface area contributed by atoms with Crippen LogP contribution in [0.5, 0.6) is 0 Å². The third-order valence-electron chi connectivity index (χ3n) is 3.95. The molecule has 0 spiro atoms. The van der Waals surface area contributed by atoms with Crippen LogP contribution in [0.25, 0.3) is 0 Å². The van der Waals surface area contributed by atoms with Gasteiger partial charge in [-0.15, -0.1) is 0 Å². The maximum Gasteiger partial charge on any atom is 0.224 e. The molecule has 108 valence electrons. The Hall–Kier alpha value is -1.64. The molecule has 1 aromatic rings. The summed E-state index contributed by atoms with van der Waals surface area (Å²) in [6, 6.07) is 9.54. The number of carbonyl (C=O) groups excluding carboxylic acids is 2. The van der Waals surface area contributed by atoms with Crippen LogP contribution in [-0.2, 0) is 9.59 Å². The third-order valence-corrected chi connectivity index (χ3v) is 3.95. The molecule has 1 atom stereocenters. The molecule has 1 N–H and O–H groups in total. The number of para-hydroxylation sites is 1. The molecule has 1 aromatic carbocycles. The first kappa shape index (κ1) is 14.8. The van der Waals surface area contributed by atoms with Crippen LogP contribution in [0.3, 0.4) is 0 Å². The highest BCUT2D eigenvalue weighted by molar-refractivity contribution is 5.90. The molecule has 0 aromatic heterocycles. The number of Topliss-reactive ketones (excluding diaryl/α,β-unsaturated/α-hetero) is 1. The predicted molar refractivity (Wildman–Crippen MR) is 80.5 cm³/mol. The van der Waals surface area contributed by atoms with E-state index < -0.39 is 0 Å². The second kappa shape index (κ2) is 7.83. The molecule has 0 radical (unpaired) electrons. The molecule has 20 heavy (non-hydrogen) atoms. The monoisotopic (exact) mass is 273 g/mol. The predicted octanol–water partition coefficient (Wildman–Crippen LogP) is 3.94. The van der Waals surface area contributed by atoms with Crippen LogP contribution in [0.4, 0.5) is 5.69 Å². The van der Waals surface area contributed by atoms with Gasteiger partial charge >= 0.3 is 0 Å². The minimum absolute atomic E-state index is 0.0770. The van der Waals surface area contributed by atoms with Gasteiger partial charge in [-0.25, -0.2) is 0 Å². The number of unbranched alkanes of at least 4 members (excludes halogenated alkanes) is 2. The smallest absolute Gasteiger partial charge is 0.224 e. The number of benzene rings is 1. The Morgan fingerprint density at radius 3 is 2.65 bits per heavy atom. The molecule has 0 bridgehead atoms. The zero-order valence-corrected chi connectivity index (χ0v) is 11.9. The number of hydrogen-bond donors (Lipinski definition) is 1. The summed E-state index contributed by atoms with van der Waals surface area (Å²) >= 11 is 0. The molecule has 1 fully saturated rings. The van der Waals surface area contributed by atoms with Gasteiger partial charge < -0.3 is 5.32 Å². The first-order chi connectivity index (χ1) is 9.75. The lowest BCUT2D eigenvalue weighted by atomic mass is 9.98. The van der Waals surface area contributed by atoms with Crippen molar-refractivity contribution in [2.75, 3.05) is 5.32 Å². The molecule has 1 aliphatic carbocycles. The molecule has 1 saturated carbocycles. The minimum Gasteiger partial charge on any atom is -0.326 e. The molecule has 0 saturated heterocycles. The van der Waals surface area contributed by atoms with Crippen LogP contribution < -0.4 is 5.32 Å². The lowest BCUT2D eigenvalue weighted by Gasteiger charge is -2.07. The van der Waals surface area contributed by atoms with E-state index in [-0.39, 0.29) is 5.91 Å². The number of amides is 1. The van der Waals surface area contributed by atoms with E-state index in [1.807, 2.05) is 30.3 Å². The molecule has 3 nitrogen and oxygen atoms in total. The van der Waals surface area contributed by atoms with Crippen molar-refractivity contribution in [3.63, 3.8) is 0 Å². The van der Waals surface area contributed by atoms with Gasteiger partial charge in [-0.2, -0.15) is 0 Å². The highest BCUT2D eigenvalue weighted by Crippen LogP contribution is 2.26. The Morgan fingerprint density at radius 2 is 1.95 bits per heavy atom. The summed E-state index contributed by atoms with van der Waals surface area (Å²) in [5, 5.41) is 2.89. The summed E-state index contributed by atoms with van der Waals surface area (Å²) < 4.78 is 0. The summed E-state index contributed by atoms with van der Waals surface area (Å²) in [5.41, 5.74) is 0.856. The minimum atomic E-state index is 0.0770. The molecule has 2 rings (SSSR count). The Labute approximate surface area is 120 Å². The topological polar surface area (TPSA) is 46.2 Å². The lowest BCUT2D eigenvalue weighted by Crippen LogP contribution is -2.11. The summed E-state index contributed by atoms with van der Waals surface area (Å²) in [6.07, 6.45) is 7.51. The van der Waals surface area contributed by atoms with E-state index in [0.29, 0.717) is 18.1 Å². The standard InChI is InChI=1S/C17H23NO2/c19-16-12-7-9-14(16)8-3-1-6-13-17(20)18-15-10-4-2-5-11-15/h2,4-5,10-11,14H,1,3,6-9,12-13H2,(H,18,20)/t14-/m1/s1. The van der Waals surface area contributed by atoms with Crippen LogP contribution in [0.2, 0.25) is 0 Å². The molecule has 1 aliphatic rings. The lowest BCUT2D eigenvalue weighted by molar-refractivity contribution is -0.121. The quantitative estimate of drug-likeness (QED) is 0.765. The van der Waals surface area contributed by atoms with Crippen molar-refractivity contribution in [2.45, 2.75) is 51.4 Å². The van der Waals surface area contributed by atoms with Crippen LogP contribution in [-0.4, -0.2) is 11.7 Å². The van der Waals surface area contributed by atoms with Gasteiger partial charge in [0.05, 0.1) is 0 Å². The van der Waals surface area contributed by atoms with Crippen LogP contribution in [0, 0.1) is 5.92 Å². The van der Waals surface area contributed by atoms with Gasteiger partial charge in [-0.05, 0) is 37.8 Å². The van der Waals surface area contributed by atoms with Gasteiger partial charge in [0.1, 0.15) is 5.78 Å². The van der Waals surface area contributed by atoms with Crippen molar-refractivity contribution in [1.29, 1.82) is 0 Å². The average molecular weight is 273 g/mol. The van der Waals surface area contributed by atoms with Crippen LogP contribution in [0.1, 0.15) is 51.4 Å². The summed E-state index contributed by atoms with van der Waals surface area (Å²) in [5.74, 6) is 0.841. The largest absolute Gasteiger partial charge is 0.326 e. The van der Waals surface area contributed by atoms with Crippen LogP contribution >= 0.6 is 0 Å². The van der Waals surface area contributed by atoms with Gasteiger partial charge in [0.2, 0.25) is 5.91 Å². The molecule has 1 amide bonds. The highest BCUT2D eigenvalue weighted by atomic mass is 16.1. The molecule has 0 unspecified atom stereocenters. The van der Waals surface area contributed by atoms with Gasteiger partial charge in [-0.3, -0.25) is 9.59 Å². The fraction of sp³-hybridized carbons (Fsp3) is 0.529. The maximum atomic E-state index is 11.7. The van der Waals surface area contributed by atoms with E-state index in [2.05, 4.69) is 5.32 Å². The number of carbonyl (C=O) groups is 2. The second-order valence-corrected chi connectivity index (χ2v) is 5.57. The van der Waals surface area contributed by atoms with Crippen molar-refractivity contribution in [1.82, 2.24) is 0 Å². The zero-order valence-electron chi connectivity index (χ0n) is 11.9. The second-order valence-electron chi connectivity index (χ2n) is 5.57. The number of hydrogen-bond acceptors (Lipinski definition) is 2. The number of anilines is 1. The normalized spacial score (nSPS) is 18.2. The van der Waals surface area contributed by atoms with E-state index in [1.54, 1.807) is 0 Å². The van der Waals surface area contributed by atoms with E-state index in [1.165, 1.54) is 0 Å². The Balaban J connectivity index is 1.54. The van der Waals surface area contributed by atoms with Crippen molar-refractivity contribution in [3.8, 4) is 0 Å². The summed E-state index contributed by atoms with van der Waals surface area (Å²) in [6.45, 7) is 0. The SMILES string of the molecule is O=C(CCCCC[C@@H]1CCCC1=O)Nc1ccccc1.